The molecule has 0 atom stereocenters. The zero-order valence-corrected chi connectivity index (χ0v) is 18.1. The number of nitro groups is 1. The van der Waals surface area contributed by atoms with Gasteiger partial charge in [0.05, 0.1) is 10.6 Å². The lowest BCUT2D eigenvalue weighted by molar-refractivity contribution is -0.384. The predicted octanol–water partition coefficient (Wildman–Crippen LogP) is 4.71. The first-order valence-electron chi connectivity index (χ1n) is 10.8. The van der Waals surface area contributed by atoms with Crippen LogP contribution in [0, 0.1) is 10.1 Å². The summed E-state index contributed by atoms with van der Waals surface area (Å²) in [6.07, 6.45) is 3.20. The van der Waals surface area contributed by atoms with Gasteiger partial charge in [-0.3, -0.25) is 14.9 Å². The Morgan fingerprint density at radius 2 is 1.36 bits per heavy atom. The summed E-state index contributed by atoms with van der Waals surface area (Å²) in [5.41, 5.74) is 3.35. The van der Waals surface area contributed by atoms with E-state index in [4.69, 9.17) is 0 Å². The van der Waals surface area contributed by atoms with Gasteiger partial charge in [0.25, 0.3) is 11.6 Å². The van der Waals surface area contributed by atoms with Gasteiger partial charge >= 0.3 is 0 Å². The molecule has 0 aliphatic rings. The minimum atomic E-state index is -0.445. The average Bonchev–Trinajstić information content (AvgIpc) is 3.35. The van der Waals surface area contributed by atoms with Crippen LogP contribution in [0.15, 0.2) is 97.2 Å². The van der Waals surface area contributed by atoms with Crippen molar-refractivity contribution in [2.45, 2.75) is 12.8 Å². The van der Waals surface area contributed by atoms with Crippen LogP contribution < -0.4 is 0 Å². The average molecular weight is 441 g/mol. The first kappa shape index (κ1) is 22.0. The van der Waals surface area contributed by atoms with Crippen LogP contribution in [0.4, 0.5) is 5.69 Å². The van der Waals surface area contributed by atoms with Crippen LogP contribution in [0.25, 0.3) is 5.69 Å². The van der Waals surface area contributed by atoms with Crippen LogP contribution in [-0.4, -0.2) is 38.6 Å². The van der Waals surface area contributed by atoms with E-state index in [2.05, 4.69) is 29.4 Å². The summed E-state index contributed by atoms with van der Waals surface area (Å²) in [4.78, 5) is 25.6. The molecule has 7 heteroatoms. The molecule has 0 saturated heterocycles. The first-order valence-corrected chi connectivity index (χ1v) is 10.8. The van der Waals surface area contributed by atoms with Crippen LogP contribution in [0.2, 0.25) is 0 Å². The lowest BCUT2D eigenvalue weighted by Gasteiger charge is -2.22. The second-order valence-electron chi connectivity index (χ2n) is 7.68. The van der Waals surface area contributed by atoms with Gasteiger partial charge in [-0.05, 0) is 42.2 Å². The maximum atomic E-state index is 13.3. The van der Waals surface area contributed by atoms with Gasteiger partial charge in [0.1, 0.15) is 0 Å². The zero-order valence-electron chi connectivity index (χ0n) is 18.1. The van der Waals surface area contributed by atoms with E-state index in [-0.39, 0.29) is 11.6 Å². The molecule has 1 heterocycles. The van der Waals surface area contributed by atoms with Crippen molar-refractivity contribution in [3.63, 3.8) is 0 Å². The highest BCUT2D eigenvalue weighted by Gasteiger charge is 2.19. The highest BCUT2D eigenvalue weighted by atomic mass is 16.6. The Kier molecular flexibility index (Phi) is 6.90. The Balaban J connectivity index is 1.50. The molecule has 4 aromatic rings. The normalized spacial score (nSPS) is 10.7. The Labute approximate surface area is 192 Å². The molecule has 0 saturated carbocycles. The predicted molar refractivity (Wildman–Crippen MR) is 126 cm³/mol. The van der Waals surface area contributed by atoms with Crippen molar-refractivity contribution in [2.24, 2.45) is 0 Å². The van der Waals surface area contributed by atoms with E-state index >= 15 is 0 Å². The van der Waals surface area contributed by atoms with E-state index in [1.807, 2.05) is 41.3 Å². The molecule has 3 aromatic carbocycles. The quantitative estimate of drug-likeness (QED) is 0.279. The van der Waals surface area contributed by atoms with Crippen molar-refractivity contribution in [2.75, 3.05) is 13.1 Å². The molecule has 0 bridgehead atoms. The van der Waals surface area contributed by atoms with E-state index in [0.717, 1.165) is 12.8 Å². The van der Waals surface area contributed by atoms with Gasteiger partial charge in [-0.1, -0.05) is 60.7 Å². The summed E-state index contributed by atoms with van der Waals surface area (Å²) >= 11 is 0. The van der Waals surface area contributed by atoms with Gasteiger partial charge < -0.3 is 4.90 Å². The number of nitrogens with zero attached hydrogens (tertiary/aromatic N) is 4. The molecule has 0 fully saturated rings. The summed E-state index contributed by atoms with van der Waals surface area (Å²) in [6.45, 7) is 1.17. The zero-order chi connectivity index (χ0) is 23.0. The van der Waals surface area contributed by atoms with Crippen LogP contribution in [0.5, 0.6) is 0 Å². The Morgan fingerprint density at radius 1 is 0.818 bits per heavy atom. The number of rotatable bonds is 9. The van der Waals surface area contributed by atoms with Crippen LogP contribution in [0.3, 0.4) is 0 Å². The molecular formula is C26H24N4O3. The summed E-state index contributed by atoms with van der Waals surface area (Å²) in [6, 6.07) is 27.9. The number of hydrogen-bond acceptors (Lipinski definition) is 4. The summed E-state index contributed by atoms with van der Waals surface area (Å²) in [5.74, 6) is -0.137. The molecule has 7 nitrogen and oxygen atoms in total. The summed E-state index contributed by atoms with van der Waals surface area (Å²) in [5, 5.41) is 15.3. The molecule has 166 valence electrons. The number of nitro benzene ring substituents is 1. The second kappa shape index (κ2) is 10.4. The standard InChI is InChI=1S/C26H24N4O3/c31-26(25-17-20-29(27-25)23-11-13-24(14-12-23)30(32)33)28(18-15-21-7-3-1-4-8-21)19-16-22-9-5-2-6-10-22/h1-14,17,20H,15-16,18-19H2. The van der Waals surface area contributed by atoms with E-state index < -0.39 is 4.92 Å². The molecule has 1 amide bonds. The highest BCUT2D eigenvalue weighted by molar-refractivity contribution is 5.92. The molecular weight excluding hydrogens is 416 g/mol. The fourth-order valence-corrected chi connectivity index (χ4v) is 3.60. The maximum absolute atomic E-state index is 13.3. The molecule has 1 aromatic heterocycles. The van der Waals surface area contributed by atoms with Crippen LogP contribution in [-0.2, 0) is 12.8 Å². The summed E-state index contributed by atoms with van der Waals surface area (Å²) in [7, 11) is 0. The van der Waals surface area contributed by atoms with Gasteiger partial charge in [0.15, 0.2) is 5.69 Å². The third kappa shape index (κ3) is 5.71. The minimum absolute atomic E-state index is 0.00945. The van der Waals surface area contributed by atoms with Crippen LogP contribution >= 0.6 is 0 Å². The fraction of sp³-hybridized carbons (Fsp3) is 0.154. The van der Waals surface area contributed by atoms with Gasteiger partial charge in [-0.25, -0.2) is 4.68 Å². The van der Waals surface area contributed by atoms with E-state index in [9.17, 15) is 14.9 Å². The lowest BCUT2D eigenvalue weighted by atomic mass is 10.1. The molecule has 0 N–H and O–H groups in total. The molecule has 4 rings (SSSR count). The maximum Gasteiger partial charge on any atom is 0.274 e. The smallest absolute Gasteiger partial charge is 0.274 e. The van der Waals surface area contributed by atoms with Crippen molar-refractivity contribution in [1.29, 1.82) is 0 Å². The molecule has 0 spiro atoms. The number of amides is 1. The van der Waals surface area contributed by atoms with Gasteiger partial charge in [0, 0.05) is 31.4 Å². The highest BCUT2D eigenvalue weighted by Crippen LogP contribution is 2.16. The number of carbonyl (C=O) groups is 1. The van der Waals surface area contributed by atoms with Gasteiger partial charge in [-0.2, -0.15) is 5.10 Å². The lowest BCUT2D eigenvalue weighted by Crippen LogP contribution is -2.35. The number of aromatic nitrogens is 2. The van der Waals surface area contributed by atoms with E-state index in [0.29, 0.717) is 24.5 Å². The third-order valence-corrected chi connectivity index (χ3v) is 5.45. The number of non-ortho nitro benzene ring substituents is 1. The van der Waals surface area contributed by atoms with Gasteiger partial charge in [-0.15, -0.1) is 0 Å². The van der Waals surface area contributed by atoms with E-state index in [1.54, 1.807) is 29.1 Å². The van der Waals surface area contributed by atoms with Crippen molar-refractivity contribution in [3.8, 4) is 5.69 Å². The topological polar surface area (TPSA) is 81.3 Å². The Bertz CT molecular complexity index is 1160. The third-order valence-electron chi connectivity index (χ3n) is 5.45. The van der Waals surface area contributed by atoms with Crippen molar-refractivity contribution >= 4 is 11.6 Å². The van der Waals surface area contributed by atoms with Crippen molar-refractivity contribution in [3.05, 3.63) is 124 Å². The SMILES string of the molecule is O=C(c1ccn(-c2ccc([N+](=O)[O-])cc2)n1)N(CCc1ccccc1)CCc1ccccc1. The molecule has 0 unspecified atom stereocenters. The second-order valence-corrected chi connectivity index (χ2v) is 7.68. The molecule has 0 radical (unpaired) electrons. The first-order chi connectivity index (χ1) is 16.1. The number of carbonyl (C=O) groups excluding carboxylic acids is 1. The largest absolute Gasteiger partial charge is 0.337 e. The van der Waals surface area contributed by atoms with Crippen molar-refractivity contribution < 1.29 is 9.72 Å². The molecule has 33 heavy (non-hydrogen) atoms. The Hall–Kier alpha value is -4.26. The monoisotopic (exact) mass is 440 g/mol. The number of benzene rings is 3. The Morgan fingerprint density at radius 3 is 1.88 bits per heavy atom. The molecule has 0 aliphatic heterocycles. The van der Waals surface area contributed by atoms with Crippen molar-refractivity contribution in [1.82, 2.24) is 14.7 Å². The van der Waals surface area contributed by atoms with E-state index in [1.165, 1.54) is 23.3 Å². The minimum Gasteiger partial charge on any atom is -0.337 e. The fourth-order valence-electron chi connectivity index (χ4n) is 3.60. The number of hydrogen-bond donors (Lipinski definition) is 0. The van der Waals surface area contributed by atoms with Crippen LogP contribution in [0.1, 0.15) is 21.6 Å². The van der Waals surface area contributed by atoms with Gasteiger partial charge in [0.2, 0.25) is 0 Å². The molecule has 0 aliphatic carbocycles. The summed E-state index contributed by atoms with van der Waals surface area (Å²) < 4.78 is 1.56.